The molecule has 1 aromatic carbocycles. The van der Waals surface area contributed by atoms with Crippen LogP contribution in [0.3, 0.4) is 0 Å². The van der Waals surface area contributed by atoms with Crippen molar-refractivity contribution >= 4 is 17.1 Å². The van der Waals surface area contributed by atoms with Crippen LogP contribution in [0.2, 0.25) is 0 Å². The summed E-state index contributed by atoms with van der Waals surface area (Å²) in [5.41, 5.74) is 3.48. The maximum atomic E-state index is 12.4. The Kier molecular flexibility index (Phi) is 2.40. The molecule has 1 heterocycles. The van der Waals surface area contributed by atoms with Gasteiger partial charge in [0.2, 0.25) is 0 Å². The normalized spacial score (nSPS) is 17.4. The number of hydrogen-bond acceptors (Lipinski definition) is 2. The number of hydrogen-bond donors (Lipinski definition) is 0. The lowest BCUT2D eigenvalue weighted by atomic mass is 9.74. The summed E-state index contributed by atoms with van der Waals surface area (Å²) in [6.45, 7) is 4.10. The molecular formula is C15H14OS. The first-order valence-electron chi connectivity index (χ1n) is 5.86. The van der Waals surface area contributed by atoms with E-state index < -0.39 is 0 Å². The Bertz CT molecular complexity index is 595. The van der Waals surface area contributed by atoms with Crippen LogP contribution in [0, 0.1) is 13.8 Å². The van der Waals surface area contributed by atoms with Crippen molar-refractivity contribution in [1.29, 1.82) is 0 Å². The molecule has 1 aliphatic carbocycles. The average Bonchev–Trinajstić information content (AvgIpc) is 2.59. The monoisotopic (exact) mass is 242 g/mol. The van der Waals surface area contributed by atoms with Crippen LogP contribution in [0.5, 0.6) is 0 Å². The van der Waals surface area contributed by atoms with Gasteiger partial charge in [0.05, 0.1) is 5.92 Å². The highest BCUT2D eigenvalue weighted by Crippen LogP contribution is 2.38. The van der Waals surface area contributed by atoms with E-state index in [4.69, 9.17) is 0 Å². The highest BCUT2D eigenvalue weighted by Gasteiger charge is 2.33. The lowest BCUT2D eigenvalue weighted by Gasteiger charge is -2.28. The smallest absolute Gasteiger partial charge is 0.171 e. The fourth-order valence-electron chi connectivity index (χ4n) is 2.56. The summed E-state index contributed by atoms with van der Waals surface area (Å²) in [4.78, 5) is 14.8. The van der Waals surface area contributed by atoms with Crippen LogP contribution in [0.25, 0.3) is 0 Å². The zero-order valence-electron chi connectivity index (χ0n) is 9.99. The summed E-state index contributed by atoms with van der Waals surface area (Å²) >= 11 is 1.71. The zero-order valence-corrected chi connectivity index (χ0v) is 10.8. The third-order valence-corrected chi connectivity index (χ3v) is 4.44. The van der Waals surface area contributed by atoms with Gasteiger partial charge in [0.1, 0.15) is 0 Å². The second-order valence-corrected chi connectivity index (χ2v) is 6.11. The lowest BCUT2D eigenvalue weighted by Crippen LogP contribution is -2.25. The van der Waals surface area contributed by atoms with Crippen molar-refractivity contribution in [3.8, 4) is 0 Å². The predicted octanol–water partition coefficient (Wildman–Crippen LogP) is 3.89. The maximum absolute atomic E-state index is 12.4. The van der Waals surface area contributed by atoms with Crippen molar-refractivity contribution in [2.75, 3.05) is 0 Å². The summed E-state index contributed by atoms with van der Waals surface area (Å²) in [6, 6.07) is 10.3. The first kappa shape index (κ1) is 10.7. The van der Waals surface area contributed by atoms with Gasteiger partial charge in [-0.2, -0.15) is 0 Å². The van der Waals surface area contributed by atoms with Gasteiger partial charge in [-0.1, -0.05) is 24.3 Å². The molecule has 0 radical (unpaired) electrons. The van der Waals surface area contributed by atoms with Gasteiger partial charge in [-0.25, -0.2) is 0 Å². The first-order valence-corrected chi connectivity index (χ1v) is 6.67. The fourth-order valence-corrected chi connectivity index (χ4v) is 3.49. The van der Waals surface area contributed by atoms with Crippen LogP contribution in [-0.2, 0) is 6.42 Å². The molecule has 0 fully saturated rings. The maximum Gasteiger partial charge on any atom is 0.171 e. The van der Waals surface area contributed by atoms with E-state index in [1.807, 2.05) is 25.1 Å². The Hall–Kier alpha value is -1.41. The molecule has 1 unspecified atom stereocenters. The minimum atomic E-state index is 0.0962. The second-order valence-electron chi connectivity index (χ2n) is 4.65. The highest BCUT2D eigenvalue weighted by molar-refractivity contribution is 7.12. The Balaban J connectivity index is 1.94. The molecule has 3 rings (SSSR count). The number of Topliss-reactive ketones (excluding diaryl/α,β-unsaturated/α-hetero) is 1. The van der Waals surface area contributed by atoms with E-state index in [-0.39, 0.29) is 5.92 Å². The summed E-state index contributed by atoms with van der Waals surface area (Å²) in [7, 11) is 0. The molecule has 0 saturated heterocycles. The van der Waals surface area contributed by atoms with Crippen LogP contribution in [0.15, 0.2) is 30.3 Å². The van der Waals surface area contributed by atoms with Gasteiger partial charge in [-0.05, 0) is 37.5 Å². The molecule has 17 heavy (non-hydrogen) atoms. The average molecular weight is 242 g/mol. The van der Waals surface area contributed by atoms with Gasteiger partial charge in [0.15, 0.2) is 5.78 Å². The second kappa shape index (κ2) is 3.81. The van der Waals surface area contributed by atoms with Crippen LogP contribution in [0.1, 0.15) is 37.2 Å². The van der Waals surface area contributed by atoms with Gasteiger partial charge in [-0.3, -0.25) is 4.79 Å². The molecule has 2 heteroatoms. The number of ketones is 1. The van der Waals surface area contributed by atoms with Crippen molar-refractivity contribution in [3.63, 3.8) is 0 Å². The molecule has 1 atom stereocenters. The number of fused-ring (bicyclic) bond motifs is 1. The quantitative estimate of drug-likeness (QED) is 0.730. The van der Waals surface area contributed by atoms with Gasteiger partial charge in [0, 0.05) is 15.3 Å². The molecule has 1 aromatic heterocycles. The van der Waals surface area contributed by atoms with Crippen LogP contribution < -0.4 is 0 Å². The van der Waals surface area contributed by atoms with Crippen molar-refractivity contribution in [3.05, 3.63) is 56.8 Å². The SMILES string of the molecule is Cc1cc(C(=O)C2Cc3ccccc32)c(C)s1. The number of carbonyl (C=O) groups excluding carboxylic acids is 1. The number of carbonyl (C=O) groups is 1. The number of benzene rings is 1. The van der Waals surface area contributed by atoms with Crippen molar-refractivity contribution < 1.29 is 4.79 Å². The molecule has 86 valence electrons. The van der Waals surface area contributed by atoms with Gasteiger partial charge in [-0.15, -0.1) is 11.3 Å². The standard InChI is InChI=1S/C15H14OS/c1-9-7-13(10(2)17-9)15(16)14-8-11-5-3-4-6-12(11)14/h3-7,14H,8H2,1-2H3. The molecule has 0 bridgehead atoms. The molecule has 0 N–H and O–H groups in total. The minimum absolute atomic E-state index is 0.0962. The van der Waals surface area contributed by atoms with E-state index in [1.54, 1.807) is 11.3 Å². The number of aryl methyl sites for hydroxylation is 2. The van der Waals surface area contributed by atoms with Crippen molar-refractivity contribution in [1.82, 2.24) is 0 Å². The third kappa shape index (κ3) is 1.64. The van der Waals surface area contributed by atoms with E-state index in [2.05, 4.69) is 19.1 Å². The molecule has 2 aromatic rings. The zero-order chi connectivity index (χ0) is 12.0. The summed E-state index contributed by atoms with van der Waals surface area (Å²) in [6.07, 6.45) is 0.906. The Morgan fingerprint density at radius 3 is 2.71 bits per heavy atom. The minimum Gasteiger partial charge on any atom is -0.293 e. The van der Waals surface area contributed by atoms with Crippen LogP contribution in [0.4, 0.5) is 0 Å². The van der Waals surface area contributed by atoms with E-state index in [1.165, 1.54) is 16.0 Å². The number of thiophene rings is 1. The number of rotatable bonds is 2. The summed E-state index contributed by atoms with van der Waals surface area (Å²) < 4.78 is 0. The van der Waals surface area contributed by atoms with Gasteiger partial charge < -0.3 is 0 Å². The molecule has 0 amide bonds. The fraction of sp³-hybridized carbons (Fsp3) is 0.267. The van der Waals surface area contributed by atoms with E-state index >= 15 is 0 Å². The molecular weight excluding hydrogens is 228 g/mol. The van der Waals surface area contributed by atoms with Gasteiger partial charge >= 0.3 is 0 Å². The molecule has 0 aliphatic heterocycles. The largest absolute Gasteiger partial charge is 0.293 e. The first-order chi connectivity index (χ1) is 8.16. The third-order valence-electron chi connectivity index (χ3n) is 3.48. The topological polar surface area (TPSA) is 17.1 Å². The van der Waals surface area contributed by atoms with E-state index in [0.717, 1.165) is 16.9 Å². The van der Waals surface area contributed by atoms with Crippen LogP contribution in [-0.4, -0.2) is 5.78 Å². The van der Waals surface area contributed by atoms with Gasteiger partial charge in [0.25, 0.3) is 0 Å². The van der Waals surface area contributed by atoms with Crippen molar-refractivity contribution in [2.24, 2.45) is 0 Å². The highest BCUT2D eigenvalue weighted by atomic mass is 32.1. The Morgan fingerprint density at radius 1 is 1.29 bits per heavy atom. The van der Waals surface area contributed by atoms with Crippen molar-refractivity contribution in [2.45, 2.75) is 26.2 Å². The van der Waals surface area contributed by atoms with Crippen LogP contribution >= 0.6 is 11.3 Å². The molecule has 0 saturated carbocycles. The summed E-state index contributed by atoms with van der Waals surface area (Å²) in [5, 5.41) is 0. The lowest BCUT2D eigenvalue weighted by molar-refractivity contribution is 0.0949. The predicted molar refractivity (Wildman–Crippen MR) is 71.0 cm³/mol. The van der Waals surface area contributed by atoms with E-state index in [0.29, 0.717) is 5.78 Å². The molecule has 1 nitrogen and oxygen atoms in total. The molecule has 1 aliphatic rings. The molecule has 0 spiro atoms. The Labute approximate surface area is 105 Å². The Morgan fingerprint density at radius 2 is 2.06 bits per heavy atom. The summed E-state index contributed by atoms with van der Waals surface area (Å²) in [5.74, 6) is 0.393. The van der Waals surface area contributed by atoms with E-state index in [9.17, 15) is 4.79 Å².